The van der Waals surface area contributed by atoms with E-state index in [1.54, 1.807) is 6.07 Å². The summed E-state index contributed by atoms with van der Waals surface area (Å²) in [6.07, 6.45) is 0. The van der Waals surface area contributed by atoms with Crippen LogP contribution in [0.4, 0.5) is 0 Å². The molecular weight excluding hydrogens is 200 g/mol. The van der Waals surface area contributed by atoms with Gasteiger partial charge in [0.05, 0.1) is 6.07 Å². The fourth-order valence-corrected chi connectivity index (χ4v) is 0.805. The van der Waals surface area contributed by atoms with Gasteiger partial charge >= 0.3 is 5.97 Å². The van der Waals surface area contributed by atoms with E-state index in [-0.39, 0.29) is 12.3 Å². The summed E-state index contributed by atoms with van der Waals surface area (Å²) in [5.74, 6) is -2.42. The maximum absolute atomic E-state index is 11.2. The second kappa shape index (κ2) is 6.68. The topological polar surface area (TPSA) is 100 Å². The molecule has 0 aliphatic carbocycles. The van der Waals surface area contributed by atoms with E-state index in [1.807, 2.05) is 0 Å². The molecule has 1 atom stereocenters. The second-order valence-electron chi connectivity index (χ2n) is 2.81. The van der Waals surface area contributed by atoms with Crippen LogP contribution in [0.1, 0.15) is 6.92 Å². The van der Waals surface area contributed by atoms with E-state index in [9.17, 15) is 9.59 Å². The number of nitrogens with one attached hydrogen (secondary N) is 1. The predicted molar refractivity (Wildman–Crippen MR) is 50.3 cm³/mol. The minimum Gasteiger partial charge on any atom is -0.456 e. The molecule has 0 aliphatic heterocycles. The predicted octanol–water partition coefficient (Wildman–Crippen LogP) is -0.0754. The Morgan fingerprint density at radius 1 is 1.47 bits per heavy atom. The van der Waals surface area contributed by atoms with Gasteiger partial charge in [-0.25, -0.2) is 4.79 Å². The third-order valence-electron chi connectivity index (χ3n) is 1.52. The number of carbonyl (C=O) groups excluding carboxylic acids is 2. The molecule has 1 N–H and O–H groups in total. The Morgan fingerprint density at radius 3 is 2.47 bits per heavy atom. The van der Waals surface area contributed by atoms with Crippen molar-refractivity contribution in [2.24, 2.45) is 5.92 Å². The van der Waals surface area contributed by atoms with Crippen LogP contribution in [0.15, 0.2) is 0 Å². The highest BCUT2D eigenvalue weighted by atomic mass is 16.6. The number of ketones is 1. The lowest BCUT2D eigenvalue weighted by Crippen LogP contribution is -2.26. The van der Waals surface area contributed by atoms with E-state index in [4.69, 9.17) is 10.7 Å². The molecule has 0 radical (unpaired) electrons. The average Bonchev–Trinajstić information content (AvgIpc) is 2.15. The Bertz CT molecular complexity index is 306. The third-order valence-corrected chi connectivity index (χ3v) is 1.52. The number of carbonyl (C=O) groups is 2. The first-order valence-corrected chi connectivity index (χ1v) is 4.14. The summed E-state index contributed by atoms with van der Waals surface area (Å²) in [6.45, 7) is 0.605. The molecular formula is C9H12N2O4. The number of rotatable bonds is 6. The van der Waals surface area contributed by atoms with Crippen LogP contribution in [-0.4, -0.2) is 37.8 Å². The van der Waals surface area contributed by atoms with Gasteiger partial charge < -0.3 is 14.9 Å². The summed E-state index contributed by atoms with van der Waals surface area (Å²) in [5.41, 5.74) is -0.0645. The first-order chi connectivity index (χ1) is 7.02. The van der Waals surface area contributed by atoms with Gasteiger partial charge in [-0.15, -0.1) is 0 Å². The summed E-state index contributed by atoms with van der Waals surface area (Å²) in [6, 6.07) is 1.66. The number of nitrogens with zero attached hydrogens (tertiary/aromatic N) is 1. The summed E-state index contributed by atoms with van der Waals surface area (Å²) in [5, 5.41) is 15.7. The van der Waals surface area contributed by atoms with E-state index in [2.05, 4.69) is 9.47 Å². The van der Waals surface area contributed by atoms with Gasteiger partial charge in [0.2, 0.25) is 0 Å². The molecule has 15 heavy (non-hydrogen) atoms. The smallest absolute Gasteiger partial charge is 0.332 e. The molecule has 0 heterocycles. The molecule has 6 heteroatoms. The Hall–Kier alpha value is -1.74. The minimum absolute atomic E-state index is 0.0645. The SMILES string of the molecule is COCC(=O)OCC(=O)C(C#N)C(C)=N. The van der Waals surface area contributed by atoms with Gasteiger partial charge in [0.1, 0.15) is 12.5 Å². The van der Waals surface area contributed by atoms with Crippen LogP contribution < -0.4 is 0 Å². The molecule has 0 aromatic rings. The number of esters is 1. The maximum Gasteiger partial charge on any atom is 0.332 e. The number of nitriles is 1. The van der Waals surface area contributed by atoms with Crippen molar-refractivity contribution >= 4 is 17.5 Å². The first kappa shape index (κ1) is 13.3. The Labute approximate surface area is 87.3 Å². The van der Waals surface area contributed by atoms with Crippen LogP contribution >= 0.6 is 0 Å². The van der Waals surface area contributed by atoms with Crippen molar-refractivity contribution in [3.05, 3.63) is 0 Å². The zero-order valence-electron chi connectivity index (χ0n) is 8.57. The van der Waals surface area contributed by atoms with E-state index >= 15 is 0 Å². The van der Waals surface area contributed by atoms with Gasteiger partial charge in [-0.1, -0.05) is 0 Å². The van der Waals surface area contributed by atoms with Crippen molar-refractivity contribution in [1.82, 2.24) is 0 Å². The normalized spacial score (nSPS) is 11.3. The van der Waals surface area contributed by atoms with E-state index < -0.39 is 24.3 Å². The van der Waals surface area contributed by atoms with Gasteiger partial charge in [0, 0.05) is 12.8 Å². The number of Topliss-reactive ketones (excluding diaryl/α,β-unsaturated/α-hetero) is 1. The number of hydrogen-bond acceptors (Lipinski definition) is 6. The highest BCUT2D eigenvalue weighted by Gasteiger charge is 2.21. The maximum atomic E-state index is 11.2. The monoisotopic (exact) mass is 212 g/mol. The number of ether oxygens (including phenoxy) is 2. The average molecular weight is 212 g/mol. The Balaban J connectivity index is 4.09. The fourth-order valence-electron chi connectivity index (χ4n) is 0.805. The van der Waals surface area contributed by atoms with E-state index in [0.29, 0.717) is 0 Å². The highest BCUT2D eigenvalue weighted by Crippen LogP contribution is 1.99. The van der Waals surface area contributed by atoms with Crippen LogP contribution in [0.2, 0.25) is 0 Å². The summed E-state index contributed by atoms with van der Waals surface area (Å²) in [7, 11) is 1.32. The van der Waals surface area contributed by atoms with Crippen molar-refractivity contribution in [3.8, 4) is 6.07 Å². The van der Waals surface area contributed by atoms with Crippen molar-refractivity contribution in [2.75, 3.05) is 20.3 Å². The number of methoxy groups -OCH3 is 1. The molecule has 0 spiro atoms. The standard InChI is InChI=1S/C9H12N2O4/c1-6(11)7(3-10)8(12)4-15-9(13)5-14-2/h7,11H,4-5H2,1-2H3. The van der Waals surface area contributed by atoms with Crippen LogP contribution in [-0.2, 0) is 19.1 Å². The van der Waals surface area contributed by atoms with Gasteiger partial charge in [-0.05, 0) is 6.92 Å². The highest BCUT2D eigenvalue weighted by molar-refractivity contribution is 6.05. The van der Waals surface area contributed by atoms with E-state index in [0.717, 1.165) is 0 Å². The molecule has 0 bridgehead atoms. The molecule has 0 aliphatic rings. The molecule has 0 amide bonds. The summed E-state index contributed by atoms with van der Waals surface area (Å²) < 4.78 is 8.99. The molecule has 0 fully saturated rings. The molecule has 82 valence electrons. The van der Waals surface area contributed by atoms with Crippen LogP contribution in [0.5, 0.6) is 0 Å². The Kier molecular flexibility index (Phi) is 5.90. The Morgan fingerprint density at radius 2 is 2.07 bits per heavy atom. The quantitative estimate of drug-likeness (QED) is 0.490. The molecule has 0 saturated heterocycles. The van der Waals surface area contributed by atoms with Gasteiger partial charge in [-0.3, -0.25) is 4.79 Å². The first-order valence-electron chi connectivity index (χ1n) is 4.14. The lowest BCUT2D eigenvalue weighted by Gasteiger charge is -2.06. The fraction of sp³-hybridized carbons (Fsp3) is 0.556. The molecule has 0 aromatic heterocycles. The van der Waals surface area contributed by atoms with Crippen molar-refractivity contribution in [3.63, 3.8) is 0 Å². The summed E-state index contributed by atoms with van der Waals surface area (Å²) in [4.78, 5) is 22.0. The molecule has 0 saturated carbocycles. The van der Waals surface area contributed by atoms with Crippen LogP contribution in [0.25, 0.3) is 0 Å². The second-order valence-corrected chi connectivity index (χ2v) is 2.81. The zero-order valence-corrected chi connectivity index (χ0v) is 8.57. The molecule has 6 nitrogen and oxygen atoms in total. The van der Waals surface area contributed by atoms with Gasteiger partial charge in [0.25, 0.3) is 0 Å². The van der Waals surface area contributed by atoms with Gasteiger partial charge in [-0.2, -0.15) is 5.26 Å². The zero-order chi connectivity index (χ0) is 11.8. The lowest BCUT2D eigenvalue weighted by molar-refractivity contribution is -0.151. The molecule has 1 unspecified atom stereocenters. The summed E-state index contributed by atoms with van der Waals surface area (Å²) >= 11 is 0. The van der Waals surface area contributed by atoms with E-state index in [1.165, 1.54) is 14.0 Å². The molecule has 0 rings (SSSR count). The van der Waals surface area contributed by atoms with Crippen molar-refractivity contribution in [1.29, 1.82) is 10.7 Å². The minimum atomic E-state index is -1.14. The lowest BCUT2D eigenvalue weighted by atomic mass is 10.0. The van der Waals surface area contributed by atoms with Crippen molar-refractivity contribution in [2.45, 2.75) is 6.92 Å². The molecule has 0 aromatic carbocycles. The van der Waals surface area contributed by atoms with Crippen molar-refractivity contribution < 1.29 is 19.1 Å². The largest absolute Gasteiger partial charge is 0.456 e. The number of hydrogen-bond donors (Lipinski definition) is 1. The van der Waals surface area contributed by atoms with Gasteiger partial charge in [0.15, 0.2) is 12.4 Å². The third kappa shape index (κ3) is 4.88. The van der Waals surface area contributed by atoms with Crippen LogP contribution in [0, 0.1) is 22.7 Å². The van der Waals surface area contributed by atoms with Crippen LogP contribution in [0.3, 0.4) is 0 Å².